The van der Waals surface area contributed by atoms with Gasteiger partial charge >= 0.3 is 0 Å². The predicted molar refractivity (Wildman–Crippen MR) is 112 cm³/mol. The number of hydrogen-bond acceptors (Lipinski definition) is 4. The van der Waals surface area contributed by atoms with Gasteiger partial charge in [0.25, 0.3) is 0 Å². The minimum Gasteiger partial charge on any atom is -0.352 e. The minimum atomic E-state index is -0.284. The lowest BCUT2D eigenvalue weighted by atomic mass is 9.97. The number of carbonyl (C=O) groups excluding carboxylic acids is 1. The molecule has 0 radical (unpaired) electrons. The van der Waals surface area contributed by atoms with Crippen LogP contribution in [0.1, 0.15) is 29.5 Å². The van der Waals surface area contributed by atoms with E-state index in [1.165, 1.54) is 21.9 Å². The summed E-state index contributed by atoms with van der Waals surface area (Å²) in [6, 6.07) is 10.9. The molecule has 28 heavy (non-hydrogen) atoms. The van der Waals surface area contributed by atoms with Crippen LogP contribution in [0.4, 0.5) is 9.52 Å². The highest BCUT2D eigenvalue weighted by atomic mass is 32.1. The van der Waals surface area contributed by atoms with Crippen LogP contribution in [0.2, 0.25) is 0 Å². The first-order chi connectivity index (χ1) is 13.5. The molecule has 0 aliphatic carbocycles. The van der Waals surface area contributed by atoms with E-state index in [1.54, 1.807) is 29.5 Å². The number of anilines is 1. The third-order valence-corrected chi connectivity index (χ3v) is 6.36. The lowest BCUT2D eigenvalue weighted by Gasteiger charge is -2.31. The number of nitrogens with zero attached hydrogens (tertiary/aromatic N) is 2. The van der Waals surface area contributed by atoms with Crippen LogP contribution in [-0.4, -0.2) is 24.0 Å². The third kappa shape index (κ3) is 3.87. The Morgan fingerprint density at radius 2 is 2.14 bits per heavy atom. The summed E-state index contributed by atoms with van der Waals surface area (Å²) < 4.78 is 15.0. The third-order valence-electron chi connectivity index (χ3n) is 5.29. The normalized spacial score (nSPS) is 17.1. The van der Waals surface area contributed by atoms with E-state index in [1.807, 2.05) is 0 Å². The molecule has 1 fully saturated rings. The number of hydrogen-bond donors (Lipinski definition) is 1. The second kappa shape index (κ2) is 7.87. The standard InChI is InChI=1S/C22H24FN3OS/c1-14-10-15(2)20-19(11-14)28-22(25-20)26-9-5-7-17(13-26)21(27)24-12-16-6-3-4-8-18(16)23/h3-4,6,8,10-11,17H,5,7,9,12-13H2,1-2H3,(H,24,27). The topological polar surface area (TPSA) is 45.2 Å². The maximum atomic E-state index is 13.8. The summed E-state index contributed by atoms with van der Waals surface area (Å²) in [5.74, 6) is -0.398. The predicted octanol–water partition coefficient (Wildman–Crippen LogP) is 4.59. The molecule has 6 heteroatoms. The van der Waals surface area contributed by atoms with Crippen LogP contribution >= 0.6 is 11.3 Å². The van der Waals surface area contributed by atoms with Gasteiger partial charge in [-0.05, 0) is 49.9 Å². The van der Waals surface area contributed by atoms with Crippen molar-refractivity contribution in [2.45, 2.75) is 33.2 Å². The molecule has 1 amide bonds. The van der Waals surface area contributed by atoms with Crippen molar-refractivity contribution in [2.75, 3.05) is 18.0 Å². The average molecular weight is 398 g/mol. The summed E-state index contributed by atoms with van der Waals surface area (Å²) in [5, 5.41) is 3.88. The number of halogens is 1. The lowest BCUT2D eigenvalue weighted by molar-refractivity contribution is -0.125. The van der Waals surface area contributed by atoms with Crippen molar-refractivity contribution < 1.29 is 9.18 Å². The highest BCUT2D eigenvalue weighted by Gasteiger charge is 2.27. The summed E-state index contributed by atoms with van der Waals surface area (Å²) in [4.78, 5) is 19.7. The molecule has 1 N–H and O–H groups in total. The fourth-order valence-corrected chi connectivity index (χ4v) is 5.00. The Bertz CT molecular complexity index is 1020. The van der Waals surface area contributed by atoms with Gasteiger partial charge in [-0.3, -0.25) is 4.79 Å². The summed E-state index contributed by atoms with van der Waals surface area (Å²) in [6.07, 6.45) is 1.80. The number of carbonyl (C=O) groups is 1. The van der Waals surface area contributed by atoms with Crippen LogP contribution in [0.15, 0.2) is 36.4 Å². The van der Waals surface area contributed by atoms with Crippen LogP contribution < -0.4 is 10.2 Å². The fraction of sp³-hybridized carbons (Fsp3) is 0.364. The SMILES string of the molecule is Cc1cc(C)c2nc(N3CCCC(C(=O)NCc4ccccc4F)C3)sc2c1. The Labute approximate surface area is 168 Å². The van der Waals surface area contributed by atoms with Gasteiger partial charge in [-0.25, -0.2) is 9.37 Å². The smallest absolute Gasteiger partial charge is 0.225 e. The van der Waals surface area contributed by atoms with E-state index in [-0.39, 0.29) is 24.2 Å². The second-order valence-electron chi connectivity index (χ2n) is 7.52. The largest absolute Gasteiger partial charge is 0.352 e. The van der Waals surface area contributed by atoms with Crippen LogP contribution in [-0.2, 0) is 11.3 Å². The van der Waals surface area contributed by atoms with E-state index in [2.05, 4.69) is 36.2 Å². The van der Waals surface area contributed by atoms with E-state index < -0.39 is 0 Å². The van der Waals surface area contributed by atoms with Crippen molar-refractivity contribution in [2.24, 2.45) is 5.92 Å². The molecule has 1 aliphatic rings. The zero-order valence-electron chi connectivity index (χ0n) is 16.2. The van der Waals surface area contributed by atoms with Crippen molar-refractivity contribution in [1.29, 1.82) is 0 Å². The number of aromatic nitrogens is 1. The monoisotopic (exact) mass is 397 g/mol. The maximum absolute atomic E-state index is 13.8. The number of nitrogens with one attached hydrogen (secondary N) is 1. The van der Waals surface area contributed by atoms with E-state index in [4.69, 9.17) is 4.98 Å². The molecule has 2 aromatic carbocycles. The second-order valence-corrected chi connectivity index (χ2v) is 8.53. The quantitative estimate of drug-likeness (QED) is 0.701. The average Bonchev–Trinajstić information content (AvgIpc) is 3.12. The molecule has 1 saturated heterocycles. The van der Waals surface area contributed by atoms with Gasteiger partial charge in [-0.1, -0.05) is 35.6 Å². The summed E-state index contributed by atoms with van der Waals surface area (Å²) in [7, 11) is 0. The van der Waals surface area contributed by atoms with E-state index in [0.29, 0.717) is 12.1 Å². The van der Waals surface area contributed by atoms with Crippen molar-refractivity contribution in [3.8, 4) is 0 Å². The molecule has 2 heterocycles. The van der Waals surface area contributed by atoms with Crippen LogP contribution in [0.5, 0.6) is 0 Å². The van der Waals surface area contributed by atoms with Gasteiger partial charge < -0.3 is 10.2 Å². The first kappa shape index (κ1) is 18.9. The number of piperidine rings is 1. The zero-order valence-corrected chi connectivity index (χ0v) is 17.0. The van der Waals surface area contributed by atoms with Gasteiger partial charge in [-0.2, -0.15) is 0 Å². The highest BCUT2D eigenvalue weighted by molar-refractivity contribution is 7.22. The molecule has 4 rings (SSSR count). The number of rotatable bonds is 4. The van der Waals surface area contributed by atoms with E-state index >= 15 is 0 Å². The first-order valence-electron chi connectivity index (χ1n) is 9.65. The Morgan fingerprint density at radius 1 is 1.32 bits per heavy atom. The molecule has 1 unspecified atom stereocenters. The Morgan fingerprint density at radius 3 is 2.96 bits per heavy atom. The molecule has 146 valence electrons. The van der Waals surface area contributed by atoms with Gasteiger partial charge in [0.2, 0.25) is 5.91 Å². The van der Waals surface area contributed by atoms with Crippen LogP contribution in [0.25, 0.3) is 10.2 Å². The van der Waals surface area contributed by atoms with Crippen LogP contribution in [0.3, 0.4) is 0 Å². The molecule has 4 nitrogen and oxygen atoms in total. The number of thiazole rings is 1. The molecular formula is C22H24FN3OS. The van der Waals surface area contributed by atoms with Gasteiger partial charge in [-0.15, -0.1) is 0 Å². The van der Waals surface area contributed by atoms with Gasteiger partial charge in [0.05, 0.1) is 16.1 Å². The molecule has 0 spiro atoms. The Kier molecular flexibility index (Phi) is 5.31. The maximum Gasteiger partial charge on any atom is 0.225 e. The van der Waals surface area contributed by atoms with Crippen LogP contribution in [0, 0.1) is 25.6 Å². The van der Waals surface area contributed by atoms with Crippen molar-refractivity contribution in [1.82, 2.24) is 10.3 Å². The molecule has 0 saturated carbocycles. The molecule has 1 aliphatic heterocycles. The molecular weight excluding hydrogens is 373 g/mol. The van der Waals surface area contributed by atoms with Gasteiger partial charge in [0, 0.05) is 25.2 Å². The summed E-state index contributed by atoms with van der Waals surface area (Å²) >= 11 is 1.69. The Hall–Kier alpha value is -2.47. The fourth-order valence-electron chi connectivity index (χ4n) is 3.83. The Balaban J connectivity index is 1.45. The highest BCUT2D eigenvalue weighted by Crippen LogP contribution is 2.33. The molecule has 3 aromatic rings. The molecule has 1 aromatic heterocycles. The number of benzene rings is 2. The number of amides is 1. The summed E-state index contributed by atoms with van der Waals surface area (Å²) in [6.45, 7) is 5.98. The zero-order chi connectivity index (χ0) is 19.7. The summed E-state index contributed by atoms with van der Waals surface area (Å²) in [5.41, 5.74) is 4.00. The van der Waals surface area contributed by atoms with E-state index in [0.717, 1.165) is 30.0 Å². The van der Waals surface area contributed by atoms with Gasteiger partial charge in [0.1, 0.15) is 5.82 Å². The first-order valence-corrected chi connectivity index (χ1v) is 10.5. The number of fused-ring (bicyclic) bond motifs is 1. The van der Waals surface area contributed by atoms with E-state index in [9.17, 15) is 9.18 Å². The number of aryl methyl sites for hydroxylation is 2. The molecule has 1 atom stereocenters. The van der Waals surface area contributed by atoms with Gasteiger partial charge in [0.15, 0.2) is 5.13 Å². The minimum absolute atomic E-state index is 0.0129. The van der Waals surface area contributed by atoms with Crippen molar-refractivity contribution in [3.63, 3.8) is 0 Å². The van der Waals surface area contributed by atoms with Crippen molar-refractivity contribution >= 4 is 32.6 Å². The van der Waals surface area contributed by atoms with Crippen molar-refractivity contribution in [3.05, 3.63) is 58.9 Å². The molecule has 0 bridgehead atoms. The lowest BCUT2D eigenvalue weighted by Crippen LogP contribution is -2.43.